The van der Waals surface area contributed by atoms with E-state index in [4.69, 9.17) is 14.4 Å². The Kier molecular flexibility index (Phi) is 5.70. The van der Waals surface area contributed by atoms with Gasteiger partial charge in [-0.05, 0) is 54.3 Å². The molecule has 170 valence electrons. The van der Waals surface area contributed by atoms with Crippen LogP contribution in [0, 0.1) is 5.92 Å². The van der Waals surface area contributed by atoms with Crippen molar-refractivity contribution in [2.45, 2.75) is 38.6 Å². The first-order chi connectivity index (χ1) is 15.2. The number of allylic oxidation sites excluding steroid dienone is 3. The number of rotatable bonds is 7. The summed E-state index contributed by atoms with van der Waals surface area (Å²) in [4.78, 5) is 23.2. The van der Waals surface area contributed by atoms with Crippen molar-refractivity contribution in [3.63, 3.8) is 0 Å². The Morgan fingerprint density at radius 3 is 2.44 bits per heavy atom. The number of halogens is 3. The van der Waals surface area contributed by atoms with Gasteiger partial charge in [-0.2, -0.15) is 0 Å². The van der Waals surface area contributed by atoms with Crippen LogP contribution in [0.15, 0.2) is 52.4 Å². The van der Waals surface area contributed by atoms with Gasteiger partial charge in [0.25, 0.3) is 0 Å². The van der Waals surface area contributed by atoms with Gasteiger partial charge in [0.1, 0.15) is 12.9 Å². The molecule has 4 aliphatic rings. The second-order valence-electron chi connectivity index (χ2n) is 7.77. The minimum Gasteiger partial charge on any atom is -0.464 e. The molecule has 1 unspecified atom stereocenters. The molecule has 1 saturated carbocycles. The van der Waals surface area contributed by atoms with Gasteiger partial charge in [0.05, 0.1) is 19.1 Å². The van der Waals surface area contributed by atoms with Crippen LogP contribution < -0.4 is 4.74 Å². The highest BCUT2D eigenvalue weighted by atomic mass is 19.4. The fourth-order valence-corrected chi connectivity index (χ4v) is 3.96. The molecule has 2 aliphatic heterocycles. The number of alkyl halides is 3. The predicted octanol–water partition coefficient (Wildman–Crippen LogP) is 4.21. The lowest BCUT2D eigenvalue weighted by atomic mass is 9.91. The van der Waals surface area contributed by atoms with Gasteiger partial charge >= 0.3 is 12.3 Å². The Labute approximate surface area is 182 Å². The molecule has 1 atom stereocenters. The number of methoxy groups -OCH3 is 1. The van der Waals surface area contributed by atoms with Gasteiger partial charge < -0.3 is 14.3 Å². The largest absolute Gasteiger partial charge is 0.573 e. The Morgan fingerprint density at radius 1 is 1.22 bits per heavy atom. The standard InChI is InChI=1S/C22H22F3N2O5/c1-12-10-15-11-17(18(26-30-3)21(28)29-2)20(12)32-27(15)19(13-4-5-13)14-6-8-16(9-7-14)31-22(23,24)25/h6-9,11,13,19H,4-5,10H2,1-3H3/q+1. The summed E-state index contributed by atoms with van der Waals surface area (Å²) in [6.07, 6.45) is -0.359. The molecule has 2 heterocycles. The highest BCUT2D eigenvalue weighted by Crippen LogP contribution is 2.46. The molecule has 2 aliphatic carbocycles. The monoisotopic (exact) mass is 451 g/mol. The summed E-state index contributed by atoms with van der Waals surface area (Å²) in [6, 6.07) is 5.66. The number of hydrogen-bond acceptors (Lipinski definition) is 6. The molecule has 1 aromatic carbocycles. The summed E-state index contributed by atoms with van der Waals surface area (Å²) in [7, 11) is 2.59. The lowest BCUT2D eigenvalue weighted by molar-refractivity contribution is -0.808. The molecular weight excluding hydrogens is 429 g/mol. The van der Waals surface area contributed by atoms with Crippen molar-refractivity contribution in [1.29, 1.82) is 0 Å². The first kappa shape index (κ1) is 21.9. The van der Waals surface area contributed by atoms with E-state index < -0.39 is 12.3 Å². The fraction of sp³-hybridized carbons (Fsp3) is 0.409. The van der Waals surface area contributed by atoms with E-state index in [1.807, 2.05) is 13.0 Å². The summed E-state index contributed by atoms with van der Waals surface area (Å²) < 4.78 is 48.1. The SMILES string of the molecule is CON=C(C(=O)OC)C1=CC2=[N+](C(c3ccc(OC(F)(F)F)cc3)C3CC3)OC1=C(C)C2. The lowest BCUT2D eigenvalue weighted by Crippen LogP contribution is -2.37. The van der Waals surface area contributed by atoms with Crippen molar-refractivity contribution >= 4 is 17.4 Å². The first-order valence-electron chi connectivity index (χ1n) is 10.0. The van der Waals surface area contributed by atoms with Crippen LogP contribution in [-0.4, -0.2) is 42.7 Å². The number of nitrogens with zero attached hydrogens (tertiary/aromatic N) is 2. The highest BCUT2D eigenvalue weighted by Gasteiger charge is 2.48. The summed E-state index contributed by atoms with van der Waals surface area (Å²) >= 11 is 0. The Bertz CT molecular complexity index is 1050. The number of esters is 1. The summed E-state index contributed by atoms with van der Waals surface area (Å²) in [6.45, 7) is 1.90. The second-order valence-corrected chi connectivity index (χ2v) is 7.77. The maximum Gasteiger partial charge on any atom is 0.573 e. The predicted molar refractivity (Wildman–Crippen MR) is 107 cm³/mol. The van der Waals surface area contributed by atoms with Crippen molar-refractivity contribution in [2.75, 3.05) is 14.2 Å². The van der Waals surface area contributed by atoms with E-state index in [1.54, 1.807) is 16.9 Å². The number of benzene rings is 1. The van der Waals surface area contributed by atoms with Crippen LogP contribution in [0.5, 0.6) is 5.75 Å². The summed E-state index contributed by atoms with van der Waals surface area (Å²) in [5.41, 5.74) is 3.02. The molecule has 0 amide bonds. The number of hydroxylamine groups is 1. The third kappa shape index (κ3) is 4.35. The number of oxime groups is 1. The molecule has 2 bridgehead atoms. The van der Waals surface area contributed by atoms with Gasteiger partial charge in [-0.15, -0.1) is 13.2 Å². The molecule has 1 fully saturated rings. The van der Waals surface area contributed by atoms with E-state index in [2.05, 4.69) is 9.89 Å². The minimum absolute atomic E-state index is 0.00201. The van der Waals surface area contributed by atoms with Crippen LogP contribution in [-0.2, 0) is 19.2 Å². The number of carbonyl (C=O) groups is 1. The molecule has 10 heteroatoms. The summed E-state index contributed by atoms with van der Waals surface area (Å²) in [5.74, 6) is -0.143. The van der Waals surface area contributed by atoms with Gasteiger partial charge in [-0.3, -0.25) is 0 Å². The van der Waals surface area contributed by atoms with Crippen LogP contribution in [0.3, 0.4) is 0 Å². The van der Waals surface area contributed by atoms with Crippen molar-refractivity contribution in [2.24, 2.45) is 11.1 Å². The molecule has 0 saturated heterocycles. The molecule has 32 heavy (non-hydrogen) atoms. The Hall–Kier alpha value is -3.30. The van der Waals surface area contributed by atoms with Crippen LogP contribution in [0.2, 0.25) is 0 Å². The van der Waals surface area contributed by atoms with Crippen molar-refractivity contribution in [1.82, 2.24) is 0 Å². The van der Waals surface area contributed by atoms with Crippen LogP contribution in [0.25, 0.3) is 0 Å². The van der Waals surface area contributed by atoms with Crippen molar-refractivity contribution in [3.8, 4) is 5.75 Å². The maximum absolute atomic E-state index is 12.5. The lowest BCUT2D eigenvalue weighted by Gasteiger charge is -2.27. The number of hydrogen-bond donors (Lipinski definition) is 0. The maximum atomic E-state index is 12.5. The second kappa shape index (κ2) is 8.33. The molecule has 0 N–H and O–H groups in total. The van der Waals surface area contributed by atoms with Crippen molar-refractivity contribution < 1.29 is 41.9 Å². The van der Waals surface area contributed by atoms with Gasteiger partial charge in [0.15, 0.2) is 5.71 Å². The zero-order valence-corrected chi connectivity index (χ0v) is 17.7. The topological polar surface area (TPSA) is 69.4 Å². The van der Waals surface area contributed by atoms with E-state index in [0.29, 0.717) is 23.7 Å². The van der Waals surface area contributed by atoms with E-state index >= 15 is 0 Å². The molecule has 0 aromatic heterocycles. The molecule has 7 nitrogen and oxygen atoms in total. The molecule has 0 spiro atoms. The van der Waals surface area contributed by atoms with E-state index in [9.17, 15) is 18.0 Å². The van der Waals surface area contributed by atoms with Gasteiger partial charge in [-0.25, -0.2) is 9.63 Å². The number of ether oxygens (including phenoxy) is 2. The normalized spacial score (nSPS) is 19.4. The van der Waals surface area contributed by atoms with E-state index in [1.165, 1.54) is 26.4 Å². The third-order valence-electron chi connectivity index (χ3n) is 5.46. The van der Waals surface area contributed by atoms with E-state index in [0.717, 1.165) is 29.7 Å². The van der Waals surface area contributed by atoms with Gasteiger partial charge in [0, 0.05) is 17.6 Å². The smallest absolute Gasteiger partial charge is 0.464 e. The average molecular weight is 451 g/mol. The minimum atomic E-state index is -4.74. The molecular formula is C22H22F3N2O5+. The third-order valence-corrected chi connectivity index (χ3v) is 5.46. The average Bonchev–Trinajstić information content (AvgIpc) is 3.57. The highest BCUT2D eigenvalue weighted by molar-refractivity contribution is 6.45. The van der Waals surface area contributed by atoms with Gasteiger partial charge in [-0.1, -0.05) is 5.16 Å². The summed E-state index contributed by atoms with van der Waals surface area (Å²) in [5, 5.41) is 3.81. The van der Waals surface area contributed by atoms with Crippen LogP contribution >= 0.6 is 0 Å². The van der Waals surface area contributed by atoms with Gasteiger partial charge in [0.2, 0.25) is 17.5 Å². The molecule has 0 radical (unpaired) electrons. The number of fused-ring (bicyclic) bond motifs is 2. The van der Waals surface area contributed by atoms with Crippen LogP contribution in [0.4, 0.5) is 13.2 Å². The van der Waals surface area contributed by atoms with Crippen LogP contribution in [0.1, 0.15) is 37.8 Å². The number of carbonyl (C=O) groups excluding carboxylic acids is 1. The quantitative estimate of drug-likeness (QED) is 0.269. The van der Waals surface area contributed by atoms with E-state index in [-0.39, 0.29) is 17.5 Å². The Morgan fingerprint density at radius 2 is 1.91 bits per heavy atom. The van der Waals surface area contributed by atoms with Crippen molar-refractivity contribution in [3.05, 3.63) is 52.8 Å². The first-order valence-corrected chi connectivity index (χ1v) is 10.0. The zero-order valence-electron chi connectivity index (χ0n) is 17.7. The Balaban J connectivity index is 1.70. The molecule has 5 rings (SSSR count). The zero-order chi connectivity index (χ0) is 23.0. The molecule has 1 aromatic rings. The fourth-order valence-electron chi connectivity index (χ4n) is 3.96.